The first-order chi connectivity index (χ1) is 8.54. The summed E-state index contributed by atoms with van der Waals surface area (Å²) < 4.78 is 5.46. The number of carbonyl (C=O) groups is 2. The molecule has 1 aliphatic rings. The first kappa shape index (κ1) is 14.9. The molecule has 6 nitrogen and oxygen atoms in total. The summed E-state index contributed by atoms with van der Waals surface area (Å²) in [5.74, 6) is -0.849. The smallest absolute Gasteiger partial charge is 0.305 e. The van der Waals surface area contributed by atoms with Crippen molar-refractivity contribution in [1.29, 1.82) is 0 Å². The second kappa shape index (κ2) is 7.33. The molecule has 0 radical (unpaired) electrons. The van der Waals surface area contributed by atoms with E-state index in [-0.39, 0.29) is 25.0 Å². The number of ether oxygens (including phenoxy) is 1. The predicted molar refractivity (Wildman–Crippen MR) is 66.1 cm³/mol. The molecule has 1 fully saturated rings. The summed E-state index contributed by atoms with van der Waals surface area (Å²) in [7, 11) is 0. The van der Waals surface area contributed by atoms with Crippen LogP contribution in [-0.4, -0.2) is 53.7 Å². The Hall–Kier alpha value is -1.14. The standard InChI is InChI=1S/C12H22N2O4/c1-2-10(13)12(17)14-6-3-9(4-7-14)18-8-5-11(15)16/h9-10H,2-8,13H2,1H3,(H,15,16). The molecule has 1 atom stereocenters. The van der Waals surface area contributed by atoms with Gasteiger partial charge >= 0.3 is 5.97 Å². The first-order valence-electron chi connectivity index (χ1n) is 6.42. The molecule has 18 heavy (non-hydrogen) atoms. The number of carboxylic acids is 1. The Balaban J connectivity index is 2.24. The van der Waals surface area contributed by atoms with Crippen LogP contribution < -0.4 is 5.73 Å². The van der Waals surface area contributed by atoms with Gasteiger partial charge in [-0.15, -0.1) is 0 Å². The summed E-state index contributed by atoms with van der Waals surface area (Å²) in [6.07, 6.45) is 2.24. The van der Waals surface area contributed by atoms with Gasteiger partial charge in [-0.3, -0.25) is 9.59 Å². The minimum atomic E-state index is -0.850. The number of likely N-dealkylation sites (tertiary alicyclic amines) is 1. The fourth-order valence-corrected chi connectivity index (χ4v) is 1.96. The zero-order chi connectivity index (χ0) is 13.5. The Morgan fingerprint density at radius 1 is 1.44 bits per heavy atom. The number of nitrogens with zero attached hydrogens (tertiary/aromatic N) is 1. The maximum atomic E-state index is 11.8. The number of amides is 1. The molecule has 104 valence electrons. The third kappa shape index (κ3) is 4.62. The van der Waals surface area contributed by atoms with Gasteiger partial charge in [0, 0.05) is 13.1 Å². The number of hydrogen-bond donors (Lipinski definition) is 2. The topological polar surface area (TPSA) is 92.9 Å². The second-order valence-electron chi connectivity index (χ2n) is 4.55. The van der Waals surface area contributed by atoms with Crippen LogP contribution in [0.15, 0.2) is 0 Å². The minimum Gasteiger partial charge on any atom is -0.481 e. The third-order valence-electron chi connectivity index (χ3n) is 3.18. The summed E-state index contributed by atoms with van der Waals surface area (Å²) in [4.78, 5) is 23.9. The lowest BCUT2D eigenvalue weighted by Gasteiger charge is -2.33. The summed E-state index contributed by atoms with van der Waals surface area (Å²) in [5.41, 5.74) is 5.71. The van der Waals surface area contributed by atoms with Gasteiger partial charge in [0.2, 0.25) is 5.91 Å². The molecule has 6 heteroatoms. The van der Waals surface area contributed by atoms with Crippen LogP contribution in [0.3, 0.4) is 0 Å². The highest BCUT2D eigenvalue weighted by atomic mass is 16.5. The Kier molecular flexibility index (Phi) is 6.07. The fraction of sp³-hybridized carbons (Fsp3) is 0.833. The van der Waals surface area contributed by atoms with Crippen molar-refractivity contribution >= 4 is 11.9 Å². The molecule has 1 heterocycles. The minimum absolute atomic E-state index is 0.00138. The van der Waals surface area contributed by atoms with Crippen molar-refractivity contribution in [3.05, 3.63) is 0 Å². The van der Waals surface area contributed by atoms with E-state index in [2.05, 4.69) is 0 Å². The lowest BCUT2D eigenvalue weighted by molar-refractivity contribution is -0.139. The van der Waals surface area contributed by atoms with Crippen molar-refractivity contribution in [2.45, 2.75) is 44.8 Å². The van der Waals surface area contributed by atoms with E-state index in [1.807, 2.05) is 6.92 Å². The number of nitrogens with two attached hydrogens (primary N) is 1. The molecule has 1 aliphatic heterocycles. The zero-order valence-corrected chi connectivity index (χ0v) is 10.8. The molecule has 1 amide bonds. The van der Waals surface area contributed by atoms with Gasteiger partial charge in [0.05, 0.1) is 25.2 Å². The average molecular weight is 258 g/mol. The van der Waals surface area contributed by atoms with Crippen molar-refractivity contribution < 1.29 is 19.4 Å². The van der Waals surface area contributed by atoms with Gasteiger partial charge in [-0.25, -0.2) is 0 Å². The van der Waals surface area contributed by atoms with E-state index in [9.17, 15) is 9.59 Å². The molecule has 0 spiro atoms. The molecular weight excluding hydrogens is 236 g/mol. The van der Waals surface area contributed by atoms with Gasteiger partial charge in [-0.2, -0.15) is 0 Å². The maximum absolute atomic E-state index is 11.8. The van der Waals surface area contributed by atoms with Gasteiger partial charge in [0.1, 0.15) is 0 Å². The highest BCUT2D eigenvalue weighted by Crippen LogP contribution is 2.15. The van der Waals surface area contributed by atoms with Gasteiger partial charge in [0.15, 0.2) is 0 Å². The van der Waals surface area contributed by atoms with E-state index in [1.54, 1.807) is 4.90 Å². The van der Waals surface area contributed by atoms with Crippen LogP contribution in [0, 0.1) is 0 Å². The molecular formula is C12H22N2O4. The molecule has 0 aromatic rings. The molecule has 1 rings (SSSR count). The Labute approximate surface area is 107 Å². The summed E-state index contributed by atoms with van der Waals surface area (Å²) in [6, 6.07) is -0.408. The number of carbonyl (C=O) groups excluding carboxylic acids is 1. The quantitative estimate of drug-likeness (QED) is 0.710. The summed E-state index contributed by atoms with van der Waals surface area (Å²) >= 11 is 0. The fourth-order valence-electron chi connectivity index (χ4n) is 1.96. The van der Waals surface area contributed by atoms with E-state index in [0.29, 0.717) is 19.5 Å². The van der Waals surface area contributed by atoms with Crippen molar-refractivity contribution in [3.8, 4) is 0 Å². The van der Waals surface area contributed by atoms with Crippen molar-refractivity contribution in [2.24, 2.45) is 5.73 Å². The maximum Gasteiger partial charge on any atom is 0.305 e. The molecule has 3 N–H and O–H groups in total. The number of carboxylic acid groups (broad SMARTS) is 1. The Morgan fingerprint density at radius 3 is 2.56 bits per heavy atom. The lowest BCUT2D eigenvalue weighted by atomic mass is 10.1. The summed E-state index contributed by atoms with van der Waals surface area (Å²) in [5, 5.41) is 8.50. The number of piperidine rings is 1. The van der Waals surface area contributed by atoms with E-state index in [1.165, 1.54) is 0 Å². The van der Waals surface area contributed by atoms with Crippen LogP contribution in [0.5, 0.6) is 0 Å². The SMILES string of the molecule is CCC(N)C(=O)N1CCC(OCCC(=O)O)CC1. The average Bonchev–Trinajstić information content (AvgIpc) is 2.37. The molecule has 0 aromatic carbocycles. The molecule has 0 aliphatic carbocycles. The summed E-state index contributed by atoms with van der Waals surface area (Å²) in [6.45, 7) is 3.42. The van der Waals surface area contributed by atoms with E-state index in [4.69, 9.17) is 15.6 Å². The van der Waals surface area contributed by atoms with Crippen LogP contribution in [0.2, 0.25) is 0 Å². The monoisotopic (exact) mass is 258 g/mol. The molecule has 0 saturated carbocycles. The van der Waals surface area contributed by atoms with Crippen molar-refractivity contribution in [3.63, 3.8) is 0 Å². The molecule has 0 bridgehead atoms. The Bertz CT molecular complexity index is 288. The molecule has 1 saturated heterocycles. The lowest BCUT2D eigenvalue weighted by Crippen LogP contribution is -2.48. The van der Waals surface area contributed by atoms with E-state index >= 15 is 0 Å². The van der Waals surface area contributed by atoms with Crippen LogP contribution in [0.4, 0.5) is 0 Å². The molecule has 0 aromatic heterocycles. The normalized spacial score (nSPS) is 18.7. The highest BCUT2D eigenvalue weighted by Gasteiger charge is 2.25. The van der Waals surface area contributed by atoms with Crippen LogP contribution in [0.1, 0.15) is 32.6 Å². The largest absolute Gasteiger partial charge is 0.481 e. The second-order valence-corrected chi connectivity index (χ2v) is 4.55. The zero-order valence-electron chi connectivity index (χ0n) is 10.8. The van der Waals surface area contributed by atoms with Crippen molar-refractivity contribution in [1.82, 2.24) is 4.90 Å². The highest BCUT2D eigenvalue weighted by molar-refractivity contribution is 5.81. The number of aliphatic carboxylic acids is 1. The number of hydrogen-bond acceptors (Lipinski definition) is 4. The van der Waals surface area contributed by atoms with Gasteiger partial charge in [-0.1, -0.05) is 6.92 Å². The van der Waals surface area contributed by atoms with E-state index < -0.39 is 12.0 Å². The van der Waals surface area contributed by atoms with Gasteiger partial charge in [-0.05, 0) is 19.3 Å². The predicted octanol–water partition coefficient (Wildman–Crippen LogP) is 0.206. The Morgan fingerprint density at radius 2 is 2.06 bits per heavy atom. The third-order valence-corrected chi connectivity index (χ3v) is 3.18. The van der Waals surface area contributed by atoms with Gasteiger partial charge in [0.25, 0.3) is 0 Å². The van der Waals surface area contributed by atoms with Crippen LogP contribution in [0.25, 0.3) is 0 Å². The number of rotatable bonds is 6. The van der Waals surface area contributed by atoms with Crippen LogP contribution >= 0.6 is 0 Å². The van der Waals surface area contributed by atoms with Gasteiger partial charge < -0.3 is 20.5 Å². The molecule has 1 unspecified atom stereocenters. The van der Waals surface area contributed by atoms with Crippen molar-refractivity contribution in [2.75, 3.05) is 19.7 Å². The first-order valence-corrected chi connectivity index (χ1v) is 6.42. The van der Waals surface area contributed by atoms with E-state index in [0.717, 1.165) is 12.8 Å². The van der Waals surface area contributed by atoms with Crippen LogP contribution in [-0.2, 0) is 14.3 Å².